The molecule has 0 aliphatic rings. The van der Waals surface area contributed by atoms with Gasteiger partial charge in [-0.2, -0.15) is 0 Å². The molecule has 0 aliphatic carbocycles. The second kappa shape index (κ2) is 6.01. The molecule has 0 rings (SSSR count). The van der Waals surface area contributed by atoms with Crippen LogP contribution in [0.4, 0.5) is 0 Å². The standard InChI is InChI=1S/C11H23NO/c1-6-12(8-7-9(2)3)11(13)10(4)5/h9-10H,6-8H2,1-5H3. The van der Waals surface area contributed by atoms with Crippen molar-refractivity contribution in [2.45, 2.75) is 41.0 Å². The van der Waals surface area contributed by atoms with Crippen molar-refractivity contribution in [3.05, 3.63) is 0 Å². The topological polar surface area (TPSA) is 20.3 Å². The Morgan fingerprint density at radius 3 is 2.08 bits per heavy atom. The van der Waals surface area contributed by atoms with E-state index in [1.807, 2.05) is 25.7 Å². The molecule has 2 nitrogen and oxygen atoms in total. The van der Waals surface area contributed by atoms with Gasteiger partial charge in [0.05, 0.1) is 0 Å². The first-order chi connectivity index (χ1) is 5.99. The number of rotatable bonds is 5. The maximum Gasteiger partial charge on any atom is 0.225 e. The number of hydrogen-bond acceptors (Lipinski definition) is 1. The highest BCUT2D eigenvalue weighted by Crippen LogP contribution is 2.06. The van der Waals surface area contributed by atoms with Crippen molar-refractivity contribution in [2.24, 2.45) is 11.8 Å². The molecule has 0 heterocycles. The van der Waals surface area contributed by atoms with Gasteiger partial charge in [0.1, 0.15) is 0 Å². The minimum absolute atomic E-state index is 0.132. The van der Waals surface area contributed by atoms with Gasteiger partial charge in [-0.1, -0.05) is 27.7 Å². The minimum Gasteiger partial charge on any atom is -0.343 e. The summed E-state index contributed by atoms with van der Waals surface area (Å²) in [6, 6.07) is 0. The van der Waals surface area contributed by atoms with Crippen LogP contribution in [0, 0.1) is 11.8 Å². The summed E-state index contributed by atoms with van der Waals surface area (Å²) in [4.78, 5) is 13.6. The number of hydrogen-bond donors (Lipinski definition) is 0. The van der Waals surface area contributed by atoms with Gasteiger partial charge >= 0.3 is 0 Å². The first kappa shape index (κ1) is 12.5. The molecule has 13 heavy (non-hydrogen) atoms. The van der Waals surface area contributed by atoms with Crippen molar-refractivity contribution in [2.75, 3.05) is 13.1 Å². The lowest BCUT2D eigenvalue weighted by Gasteiger charge is -2.23. The molecule has 0 aromatic rings. The van der Waals surface area contributed by atoms with E-state index in [2.05, 4.69) is 13.8 Å². The highest BCUT2D eigenvalue weighted by Gasteiger charge is 2.14. The number of amides is 1. The molecule has 0 aliphatic heterocycles. The fraction of sp³-hybridized carbons (Fsp3) is 0.909. The Bertz CT molecular complexity index is 152. The third-order valence-corrected chi connectivity index (χ3v) is 2.16. The van der Waals surface area contributed by atoms with E-state index in [-0.39, 0.29) is 11.8 Å². The molecular formula is C11H23NO. The van der Waals surface area contributed by atoms with Crippen molar-refractivity contribution in [3.8, 4) is 0 Å². The van der Waals surface area contributed by atoms with E-state index in [0.29, 0.717) is 5.92 Å². The SMILES string of the molecule is CCN(CCC(C)C)C(=O)C(C)C. The van der Waals surface area contributed by atoms with Gasteiger partial charge in [0.15, 0.2) is 0 Å². The molecule has 0 saturated heterocycles. The zero-order chi connectivity index (χ0) is 10.4. The Morgan fingerprint density at radius 2 is 1.77 bits per heavy atom. The van der Waals surface area contributed by atoms with Gasteiger partial charge in [-0.15, -0.1) is 0 Å². The molecule has 0 fully saturated rings. The van der Waals surface area contributed by atoms with Gasteiger partial charge in [-0.05, 0) is 19.3 Å². The van der Waals surface area contributed by atoms with E-state index in [0.717, 1.165) is 19.5 Å². The highest BCUT2D eigenvalue weighted by atomic mass is 16.2. The highest BCUT2D eigenvalue weighted by molar-refractivity contribution is 5.78. The summed E-state index contributed by atoms with van der Waals surface area (Å²) >= 11 is 0. The van der Waals surface area contributed by atoms with Gasteiger partial charge in [0, 0.05) is 19.0 Å². The van der Waals surface area contributed by atoms with Crippen LogP contribution in [-0.4, -0.2) is 23.9 Å². The van der Waals surface area contributed by atoms with E-state index in [4.69, 9.17) is 0 Å². The molecule has 0 bridgehead atoms. The summed E-state index contributed by atoms with van der Waals surface area (Å²) in [5.41, 5.74) is 0. The summed E-state index contributed by atoms with van der Waals surface area (Å²) in [6.45, 7) is 12.1. The van der Waals surface area contributed by atoms with Crippen LogP contribution in [0.2, 0.25) is 0 Å². The Balaban J connectivity index is 3.95. The van der Waals surface area contributed by atoms with Crippen molar-refractivity contribution < 1.29 is 4.79 Å². The maximum atomic E-state index is 11.6. The molecule has 0 radical (unpaired) electrons. The monoisotopic (exact) mass is 185 g/mol. The van der Waals surface area contributed by atoms with Crippen molar-refractivity contribution in [1.29, 1.82) is 0 Å². The molecule has 0 unspecified atom stereocenters. The molecule has 0 aromatic carbocycles. The van der Waals surface area contributed by atoms with E-state index >= 15 is 0 Å². The first-order valence-corrected chi connectivity index (χ1v) is 5.27. The first-order valence-electron chi connectivity index (χ1n) is 5.27. The second-order valence-corrected chi connectivity index (χ2v) is 4.26. The van der Waals surface area contributed by atoms with Crippen LogP contribution < -0.4 is 0 Å². The average molecular weight is 185 g/mol. The van der Waals surface area contributed by atoms with Gasteiger partial charge in [0.25, 0.3) is 0 Å². The third kappa shape index (κ3) is 4.91. The Hall–Kier alpha value is -0.530. The lowest BCUT2D eigenvalue weighted by molar-refractivity contribution is -0.134. The molecule has 0 spiro atoms. The number of carbonyl (C=O) groups excluding carboxylic acids is 1. The van der Waals surface area contributed by atoms with Crippen LogP contribution in [0.1, 0.15) is 41.0 Å². The summed E-state index contributed by atoms with van der Waals surface area (Å²) in [5.74, 6) is 1.09. The van der Waals surface area contributed by atoms with E-state index < -0.39 is 0 Å². The quantitative estimate of drug-likeness (QED) is 0.644. The molecule has 2 heteroatoms. The fourth-order valence-electron chi connectivity index (χ4n) is 1.20. The maximum absolute atomic E-state index is 11.6. The van der Waals surface area contributed by atoms with Gasteiger partial charge in [-0.3, -0.25) is 4.79 Å². The van der Waals surface area contributed by atoms with Crippen LogP contribution in [0.3, 0.4) is 0 Å². The minimum atomic E-state index is 0.132. The lowest BCUT2D eigenvalue weighted by Crippen LogP contribution is -2.35. The predicted molar refractivity (Wildman–Crippen MR) is 56.5 cm³/mol. The van der Waals surface area contributed by atoms with Crippen molar-refractivity contribution in [1.82, 2.24) is 4.90 Å². The fourth-order valence-corrected chi connectivity index (χ4v) is 1.20. The molecule has 0 atom stereocenters. The second-order valence-electron chi connectivity index (χ2n) is 4.26. The molecule has 0 saturated carbocycles. The Kier molecular flexibility index (Phi) is 5.76. The third-order valence-electron chi connectivity index (χ3n) is 2.16. The van der Waals surface area contributed by atoms with E-state index in [1.165, 1.54) is 0 Å². The van der Waals surface area contributed by atoms with Crippen LogP contribution in [-0.2, 0) is 4.79 Å². The van der Waals surface area contributed by atoms with Crippen molar-refractivity contribution in [3.63, 3.8) is 0 Å². The van der Waals surface area contributed by atoms with Gasteiger partial charge < -0.3 is 4.90 Å². The molecule has 78 valence electrons. The van der Waals surface area contributed by atoms with E-state index in [9.17, 15) is 4.79 Å². The van der Waals surface area contributed by atoms with E-state index in [1.54, 1.807) is 0 Å². The van der Waals surface area contributed by atoms with Crippen LogP contribution in [0.15, 0.2) is 0 Å². The van der Waals surface area contributed by atoms with Gasteiger partial charge in [-0.25, -0.2) is 0 Å². The Labute approximate surface area is 82.3 Å². The zero-order valence-corrected chi connectivity index (χ0v) is 9.63. The molecule has 1 amide bonds. The van der Waals surface area contributed by atoms with Crippen LogP contribution >= 0.6 is 0 Å². The van der Waals surface area contributed by atoms with Crippen LogP contribution in [0.5, 0.6) is 0 Å². The summed E-state index contributed by atoms with van der Waals surface area (Å²) in [5, 5.41) is 0. The molecule has 0 N–H and O–H groups in total. The number of carbonyl (C=O) groups is 1. The van der Waals surface area contributed by atoms with Gasteiger partial charge in [0.2, 0.25) is 5.91 Å². The average Bonchev–Trinajstić information content (AvgIpc) is 2.04. The Morgan fingerprint density at radius 1 is 1.23 bits per heavy atom. The predicted octanol–water partition coefficient (Wildman–Crippen LogP) is 2.54. The summed E-state index contributed by atoms with van der Waals surface area (Å²) in [6.07, 6.45) is 1.10. The largest absolute Gasteiger partial charge is 0.343 e. The van der Waals surface area contributed by atoms with Crippen LogP contribution in [0.25, 0.3) is 0 Å². The lowest BCUT2D eigenvalue weighted by atomic mass is 10.1. The zero-order valence-electron chi connectivity index (χ0n) is 9.63. The number of nitrogens with zero attached hydrogens (tertiary/aromatic N) is 1. The normalized spacial score (nSPS) is 11.0. The summed E-state index contributed by atoms with van der Waals surface area (Å²) in [7, 11) is 0. The smallest absolute Gasteiger partial charge is 0.225 e. The molecular weight excluding hydrogens is 162 g/mol. The summed E-state index contributed by atoms with van der Waals surface area (Å²) < 4.78 is 0. The van der Waals surface area contributed by atoms with Crippen molar-refractivity contribution >= 4 is 5.91 Å². The molecule has 0 aromatic heterocycles.